The maximum atomic E-state index is 5.89. The third kappa shape index (κ3) is 1.60. The number of aromatic amines is 1. The number of nitrogens with two attached hydrogens (primary N) is 1. The highest BCUT2D eigenvalue weighted by Gasteiger charge is 2.10. The second-order valence-corrected chi connectivity index (χ2v) is 4.36. The van der Waals surface area contributed by atoms with Gasteiger partial charge in [-0.05, 0) is 37.1 Å². The van der Waals surface area contributed by atoms with Gasteiger partial charge in [-0.25, -0.2) is 15.0 Å². The highest BCUT2D eigenvalue weighted by atomic mass is 15.0. The lowest BCUT2D eigenvalue weighted by Crippen LogP contribution is -1.93. The third-order valence-corrected chi connectivity index (χ3v) is 3.11. The topological polar surface area (TPSA) is 80.5 Å². The van der Waals surface area contributed by atoms with Crippen molar-refractivity contribution in [3.05, 3.63) is 35.8 Å². The van der Waals surface area contributed by atoms with E-state index in [2.05, 4.69) is 26.9 Å². The van der Waals surface area contributed by atoms with Crippen molar-refractivity contribution in [3.63, 3.8) is 0 Å². The van der Waals surface area contributed by atoms with E-state index in [0.717, 1.165) is 33.7 Å². The van der Waals surface area contributed by atoms with Gasteiger partial charge in [-0.1, -0.05) is 0 Å². The van der Waals surface area contributed by atoms with Crippen LogP contribution < -0.4 is 5.73 Å². The molecule has 3 aromatic rings. The quantitative estimate of drug-likeness (QED) is 0.638. The number of hydrogen-bond donors (Lipinski definition) is 2. The van der Waals surface area contributed by atoms with E-state index in [1.807, 2.05) is 19.1 Å². The second-order valence-electron chi connectivity index (χ2n) is 4.36. The fraction of sp³-hybridized carbons (Fsp3) is 0.154. The van der Waals surface area contributed by atoms with E-state index in [1.165, 1.54) is 6.33 Å². The average Bonchev–Trinajstić information content (AvgIpc) is 2.77. The molecule has 0 radical (unpaired) electrons. The first kappa shape index (κ1) is 10.7. The summed E-state index contributed by atoms with van der Waals surface area (Å²) < 4.78 is 0. The standard InChI is InChI=1S/C13H13N5/c1-7-3-9(14)4-10(8(7)2)12-17-11-5-15-6-16-13(11)18-12/h3-6H,14H2,1-2H3,(H,15,16,17,18). The number of fused-ring (bicyclic) bond motifs is 1. The normalized spacial score (nSPS) is 11.0. The molecule has 0 unspecified atom stereocenters. The maximum Gasteiger partial charge on any atom is 0.181 e. The Hall–Kier alpha value is -2.43. The summed E-state index contributed by atoms with van der Waals surface area (Å²) in [5.74, 6) is 0.776. The average molecular weight is 239 g/mol. The lowest BCUT2D eigenvalue weighted by atomic mass is 10.0. The molecule has 90 valence electrons. The van der Waals surface area contributed by atoms with Gasteiger partial charge in [0.15, 0.2) is 5.65 Å². The zero-order chi connectivity index (χ0) is 12.7. The Balaban J connectivity index is 2.26. The Morgan fingerprint density at radius 3 is 2.83 bits per heavy atom. The summed E-state index contributed by atoms with van der Waals surface area (Å²) in [6.45, 7) is 4.10. The van der Waals surface area contributed by atoms with E-state index in [1.54, 1.807) is 6.20 Å². The molecule has 0 aliphatic heterocycles. The van der Waals surface area contributed by atoms with Crippen molar-refractivity contribution in [1.29, 1.82) is 0 Å². The van der Waals surface area contributed by atoms with Crippen molar-refractivity contribution in [3.8, 4) is 11.4 Å². The van der Waals surface area contributed by atoms with Crippen LogP contribution in [0.4, 0.5) is 5.69 Å². The minimum atomic E-state index is 0.666. The zero-order valence-corrected chi connectivity index (χ0v) is 10.2. The van der Waals surface area contributed by atoms with E-state index in [4.69, 9.17) is 5.73 Å². The van der Waals surface area contributed by atoms with Crippen LogP contribution in [0, 0.1) is 13.8 Å². The molecule has 3 N–H and O–H groups in total. The van der Waals surface area contributed by atoms with Gasteiger partial charge in [-0.3, -0.25) is 0 Å². The van der Waals surface area contributed by atoms with Gasteiger partial charge < -0.3 is 10.7 Å². The third-order valence-electron chi connectivity index (χ3n) is 3.11. The van der Waals surface area contributed by atoms with Crippen LogP contribution in [0.15, 0.2) is 24.7 Å². The number of benzene rings is 1. The summed E-state index contributed by atoms with van der Waals surface area (Å²) >= 11 is 0. The van der Waals surface area contributed by atoms with Gasteiger partial charge in [0.25, 0.3) is 0 Å². The number of imidazole rings is 1. The first-order valence-corrected chi connectivity index (χ1v) is 5.68. The monoisotopic (exact) mass is 239 g/mol. The number of H-pyrrole nitrogens is 1. The summed E-state index contributed by atoms with van der Waals surface area (Å²) in [6.07, 6.45) is 3.21. The van der Waals surface area contributed by atoms with Crippen molar-refractivity contribution in [1.82, 2.24) is 19.9 Å². The minimum Gasteiger partial charge on any atom is -0.399 e. The summed E-state index contributed by atoms with van der Waals surface area (Å²) in [4.78, 5) is 15.8. The molecule has 0 amide bonds. The van der Waals surface area contributed by atoms with Crippen molar-refractivity contribution >= 4 is 16.9 Å². The molecule has 0 aliphatic rings. The summed E-state index contributed by atoms with van der Waals surface area (Å²) in [6, 6.07) is 3.88. The number of nitrogen functional groups attached to an aromatic ring is 1. The molecule has 1 aromatic carbocycles. The Bertz CT molecular complexity index is 696. The molecule has 0 aliphatic carbocycles. The van der Waals surface area contributed by atoms with E-state index in [9.17, 15) is 0 Å². The zero-order valence-electron chi connectivity index (χ0n) is 10.2. The number of anilines is 1. The highest BCUT2D eigenvalue weighted by molar-refractivity contribution is 5.77. The number of aryl methyl sites for hydroxylation is 1. The van der Waals surface area contributed by atoms with E-state index >= 15 is 0 Å². The van der Waals surface area contributed by atoms with Crippen molar-refractivity contribution < 1.29 is 0 Å². The molecule has 3 rings (SSSR count). The van der Waals surface area contributed by atoms with Crippen molar-refractivity contribution in [2.45, 2.75) is 13.8 Å². The number of rotatable bonds is 1. The lowest BCUT2D eigenvalue weighted by Gasteiger charge is -2.07. The molecule has 2 heterocycles. The van der Waals surface area contributed by atoms with Crippen LogP contribution in [-0.2, 0) is 0 Å². The van der Waals surface area contributed by atoms with Gasteiger partial charge in [0.05, 0.1) is 6.20 Å². The van der Waals surface area contributed by atoms with Crippen LogP contribution in [0.3, 0.4) is 0 Å². The molecule has 5 nitrogen and oxygen atoms in total. The van der Waals surface area contributed by atoms with Gasteiger partial charge in [0.2, 0.25) is 0 Å². The van der Waals surface area contributed by atoms with E-state index in [-0.39, 0.29) is 0 Å². The SMILES string of the molecule is Cc1cc(N)cc(-c2nc3ncncc3[nH]2)c1C. The molecule has 0 spiro atoms. The maximum absolute atomic E-state index is 5.89. The van der Waals surface area contributed by atoms with Crippen LogP contribution in [0.2, 0.25) is 0 Å². The molecule has 18 heavy (non-hydrogen) atoms. The fourth-order valence-electron chi connectivity index (χ4n) is 2.02. The Morgan fingerprint density at radius 2 is 2.06 bits per heavy atom. The van der Waals surface area contributed by atoms with Gasteiger partial charge in [-0.15, -0.1) is 0 Å². The molecule has 0 saturated heterocycles. The first-order chi connectivity index (χ1) is 8.65. The molecule has 0 fully saturated rings. The molecule has 2 aromatic heterocycles. The number of nitrogens with zero attached hydrogens (tertiary/aromatic N) is 3. The molecule has 5 heteroatoms. The Morgan fingerprint density at radius 1 is 1.22 bits per heavy atom. The second kappa shape index (κ2) is 3.80. The lowest BCUT2D eigenvalue weighted by molar-refractivity contribution is 1.20. The van der Waals surface area contributed by atoms with E-state index < -0.39 is 0 Å². The van der Waals surface area contributed by atoms with Gasteiger partial charge >= 0.3 is 0 Å². The largest absolute Gasteiger partial charge is 0.399 e. The predicted octanol–water partition coefficient (Wildman–Crippen LogP) is 2.22. The summed E-state index contributed by atoms with van der Waals surface area (Å²) in [5.41, 5.74) is 11.4. The first-order valence-electron chi connectivity index (χ1n) is 5.68. The number of aromatic nitrogens is 4. The number of hydrogen-bond acceptors (Lipinski definition) is 4. The van der Waals surface area contributed by atoms with Crippen LogP contribution in [0.25, 0.3) is 22.6 Å². The molecular weight excluding hydrogens is 226 g/mol. The van der Waals surface area contributed by atoms with Gasteiger partial charge in [-0.2, -0.15) is 0 Å². The predicted molar refractivity (Wildman–Crippen MR) is 71.0 cm³/mol. The van der Waals surface area contributed by atoms with Crippen LogP contribution in [-0.4, -0.2) is 19.9 Å². The van der Waals surface area contributed by atoms with Crippen LogP contribution >= 0.6 is 0 Å². The molecule has 0 saturated carbocycles. The van der Waals surface area contributed by atoms with Crippen LogP contribution in [0.5, 0.6) is 0 Å². The van der Waals surface area contributed by atoms with Crippen molar-refractivity contribution in [2.24, 2.45) is 0 Å². The molecular formula is C13H13N5. The Labute approximate surface area is 104 Å². The van der Waals surface area contributed by atoms with Gasteiger partial charge in [0.1, 0.15) is 17.7 Å². The fourth-order valence-corrected chi connectivity index (χ4v) is 2.02. The van der Waals surface area contributed by atoms with Gasteiger partial charge in [0, 0.05) is 11.3 Å². The Kier molecular flexibility index (Phi) is 2.26. The summed E-state index contributed by atoms with van der Waals surface area (Å²) in [7, 11) is 0. The molecule has 0 bridgehead atoms. The van der Waals surface area contributed by atoms with E-state index in [0.29, 0.717) is 5.65 Å². The number of nitrogens with one attached hydrogen (secondary N) is 1. The minimum absolute atomic E-state index is 0.666. The highest BCUT2D eigenvalue weighted by Crippen LogP contribution is 2.27. The van der Waals surface area contributed by atoms with Crippen molar-refractivity contribution in [2.75, 3.05) is 5.73 Å². The molecule has 0 atom stereocenters. The smallest absolute Gasteiger partial charge is 0.181 e. The van der Waals surface area contributed by atoms with Crippen LogP contribution in [0.1, 0.15) is 11.1 Å². The summed E-state index contributed by atoms with van der Waals surface area (Å²) in [5, 5.41) is 0.